The molecule has 0 amide bonds. The summed E-state index contributed by atoms with van der Waals surface area (Å²) in [6.45, 7) is 1.33. The van der Waals surface area contributed by atoms with Gasteiger partial charge < -0.3 is 20.3 Å². The van der Waals surface area contributed by atoms with Crippen LogP contribution in [-0.4, -0.2) is 58.0 Å². The molecule has 1 saturated heterocycles. The van der Waals surface area contributed by atoms with Gasteiger partial charge in [0, 0.05) is 7.05 Å². The molecule has 1 unspecified atom stereocenters. The molecule has 6 nitrogen and oxygen atoms in total. The van der Waals surface area contributed by atoms with Crippen LogP contribution in [0.4, 0.5) is 0 Å². The number of hydrogen-bond acceptors (Lipinski definition) is 7. The monoisotopic (exact) mass is 246 g/mol. The summed E-state index contributed by atoms with van der Waals surface area (Å²) in [5, 5.41) is 23.1. The summed E-state index contributed by atoms with van der Waals surface area (Å²) >= 11 is 1.31. The third-order valence-corrected chi connectivity index (χ3v) is 3.83. The van der Waals surface area contributed by atoms with Gasteiger partial charge in [-0.1, -0.05) is 11.8 Å². The van der Waals surface area contributed by atoms with Crippen LogP contribution in [0.2, 0.25) is 0 Å². The van der Waals surface area contributed by atoms with Crippen LogP contribution >= 0.6 is 11.8 Å². The minimum atomic E-state index is -1.21. The topological polar surface area (TPSA) is 91.2 Å². The largest absolute Gasteiger partial charge is 0.388 e. The van der Waals surface area contributed by atoms with Gasteiger partial charge in [-0.05, 0) is 6.92 Å². The maximum Gasteiger partial charge on any atom is 0.161 e. The summed E-state index contributed by atoms with van der Waals surface area (Å²) in [5.74, 6) is -0.288. The van der Waals surface area contributed by atoms with Crippen molar-refractivity contribution in [3.05, 3.63) is 0 Å². The first-order chi connectivity index (χ1) is 7.54. The van der Waals surface area contributed by atoms with E-state index in [-0.39, 0.29) is 5.78 Å². The lowest BCUT2D eigenvalue weighted by Gasteiger charge is -2.36. The van der Waals surface area contributed by atoms with E-state index < -0.39 is 29.8 Å². The van der Waals surface area contributed by atoms with Gasteiger partial charge in [0.1, 0.15) is 29.8 Å². The predicted octanol–water partition coefficient (Wildman–Crippen LogP) is -1.29. The fraction of sp³-hybridized carbons (Fsp3) is 0.778. The molecule has 1 fully saturated rings. The fourth-order valence-corrected chi connectivity index (χ4v) is 2.87. The number of rotatable bonds is 1. The van der Waals surface area contributed by atoms with Gasteiger partial charge in [0.15, 0.2) is 11.0 Å². The number of aliphatic hydroxyl groups excluding tert-OH is 2. The smallest absolute Gasteiger partial charge is 0.161 e. The van der Waals surface area contributed by atoms with Crippen molar-refractivity contribution in [1.29, 1.82) is 0 Å². The molecule has 90 valence electrons. The Kier molecular flexibility index (Phi) is 3.20. The van der Waals surface area contributed by atoms with Gasteiger partial charge >= 0.3 is 0 Å². The fourth-order valence-electron chi connectivity index (χ4n) is 1.82. The van der Waals surface area contributed by atoms with Gasteiger partial charge in [0.05, 0.1) is 0 Å². The van der Waals surface area contributed by atoms with Crippen molar-refractivity contribution in [2.24, 2.45) is 4.99 Å². The molecule has 2 rings (SSSR count). The second kappa shape index (κ2) is 4.33. The number of hydrogen-bond donors (Lipinski definition) is 3. The van der Waals surface area contributed by atoms with E-state index in [9.17, 15) is 15.0 Å². The second-order valence-corrected chi connectivity index (χ2v) is 4.90. The number of thioether (sulfide) groups is 1. The van der Waals surface area contributed by atoms with Crippen molar-refractivity contribution >= 4 is 22.7 Å². The van der Waals surface area contributed by atoms with Crippen LogP contribution in [0.25, 0.3) is 0 Å². The van der Waals surface area contributed by atoms with Crippen LogP contribution < -0.4 is 5.32 Å². The maximum absolute atomic E-state index is 11.2. The van der Waals surface area contributed by atoms with Crippen LogP contribution in [0.5, 0.6) is 0 Å². The molecule has 5 atom stereocenters. The zero-order valence-electron chi connectivity index (χ0n) is 8.95. The molecule has 2 heterocycles. The molecule has 2 aliphatic heterocycles. The first-order valence-corrected chi connectivity index (χ1v) is 5.87. The summed E-state index contributed by atoms with van der Waals surface area (Å²) in [7, 11) is 1.72. The Hall–Kier alpha value is -0.630. The number of Topliss-reactive ketones (excluding diaryl/α,β-unsaturated/α-hetero) is 1. The van der Waals surface area contributed by atoms with E-state index in [4.69, 9.17) is 4.74 Å². The van der Waals surface area contributed by atoms with Gasteiger partial charge in [0.2, 0.25) is 0 Å². The minimum absolute atomic E-state index is 0.288. The average molecular weight is 246 g/mol. The summed E-state index contributed by atoms with van der Waals surface area (Å²) in [6.07, 6.45) is -3.24. The first kappa shape index (κ1) is 11.8. The number of aliphatic hydroxyl groups is 2. The highest BCUT2D eigenvalue weighted by atomic mass is 32.2. The van der Waals surface area contributed by atoms with Crippen molar-refractivity contribution < 1.29 is 19.7 Å². The van der Waals surface area contributed by atoms with Crippen LogP contribution in [-0.2, 0) is 9.53 Å². The third kappa shape index (κ3) is 1.84. The van der Waals surface area contributed by atoms with E-state index in [2.05, 4.69) is 10.3 Å². The highest BCUT2D eigenvalue weighted by Gasteiger charge is 2.49. The predicted molar refractivity (Wildman–Crippen MR) is 59.2 cm³/mol. The number of carbonyl (C=O) groups excluding carboxylic acids is 1. The van der Waals surface area contributed by atoms with Crippen LogP contribution in [0.15, 0.2) is 4.99 Å². The van der Waals surface area contributed by atoms with Crippen molar-refractivity contribution in [2.75, 3.05) is 7.05 Å². The van der Waals surface area contributed by atoms with Crippen molar-refractivity contribution in [3.8, 4) is 0 Å². The zero-order chi connectivity index (χ0) is 11.9. The highest BCUT2D eigenvalue weighted by Crippen LogP contribution is 2.35. The van der Waals surface area contributed by atoms with E-state index in [0.717, 1.165) is 0 Å². The van der Waals surface area contributed by atoms with E-state index in [0.29, 0.717) is 5.17 Å². The molecule has 3 N–H and O–H groups in total. The molecular formula is C9H14N2O4S. The summed E-state index contributed by atoms with van der Waals surface area (Å²) in [4.78, 5) is 15.4. The van der Waals surface area contributed by atoms with Crippen LogP contribution in [0.1, 0.15) is 6.92 Å². The molecule has 0 aromatic carbocycles. The lowest BCUT2D eigenvalue weighted by atomic mass is 9.96. The second-order valence-electron chi connectivity index (χ2n) is 3.81. The summed E-state index contributed by atoms with van der Waals surface area (Å²) in [5.41, 5.74) is -0.408. The van der Waals surface area contributed by atoms with E-state index >= 15 is 0 Å². The Labute approximate surface area is 97.1 Å². The minimum Gasteiger partial charge on any atom is -0.388 e. The Bertz CT molecular complexity index is 335. The lowest BCUT2D eigenvalue weighted by Crippen LogP contribution is -2.56. The van der Waals surface area contributed by atoms with E-state index in [1.54, 1.807) is 7.05 Å². The number of aliphatic imine (C=N–C) groups is 1. The Morgan fingerprint density at radius 1 is 1.50 bits per heavy atom. The van der Waals surface area contributed by atoms with Crippen molar-refractivity contribution in [3.63, 3.8) is 0 Å². The number of carbonyl (C=O) groups is 1. The van der Waals surface area contributed by atoms with Gasteiger partial charge in [-0.25, -0.2) is 0 Å². The molecule has 0 bridgehead atoms. The van der Waals surface area contributed by atoms with Crippen molar-refractivity contribution in [2.45, 2.75) is 36.7 Å². The molecule has 0 spiro atoms. The molecule has 16 heavy (non-hydrogen) atoms. The number of nitrogens with one attached hydrogen (secondary N) is 1. The molecule has 0 aromatic rings. The Morgan fingerprint density at radius 3 is 2.75 bits per heavy atom. The number of fused-ring (bicyclic) bond motifs is 1. The molecule has 0 aliphatic carbocycles. The Morgan fingerprint density at radius 2 is 2.19 bits per heavy atom. The SMILES string of the molecule is CNC1=N[C@H]2[C@@H](O)[C@H](O)C(C(C)=O)O[C@H]2S1. The number of amidine groups is 1. The third-order valence-electron chi connectivity index (χ3n) is 2.68. The van der Waals surface area contributed by atoms with Gasteiger partial charge in [-0.2, -0.15) is 0 Å². The molecule has 7 heteroatoms. The normalized spacial score (nSPS) is 42.5. The molecular weight excluding hydrogens is 232 g/mol. The zero-order valence-corrected chi connectivity index (χ0v) is 9.77. The quantitative estimate of drug-likeness (QED) is 0.533. The van der Waals surface area contributed by atoms with Gasteiger partial charge in [0.25, 0.3) is 0 Å². The number of ketones is 1. The number of nitrogens with zero attached hydrogens (tertiary/aromatic N) is 1. The molecule has 2 aliphatic rings. The van der Waals surface area contributed by atoms with Crippen molar-refractivity contribution in [1.82, 2.24) is 5.32 Å². The number of ether oxygens (including phenoxy) is 1. The van der Waals surface area contributed by atoms with Gasteiger partial charge in [-0.3, -0.25) is 9.79 Å². The van der Waals surface area contributed by atoms with Gasteiger partial charge in [-0.15, -0.1) is 0 Å². The standard InChI is InChI=1S/C9H14N2O4S/c1-3(12)7-6(14)5(13)4-8(15-7)16-9(10-2)11-4/h4-8,13-14H,1-2H3,(H,10,11)/t4-,5+,6-,7?,8-/m0/s1. The van der Waals surface area contributed by atoms with E-state index in [1.807, 2.05) is 0 Å². The average Bonchev–Trinajstić information content (AvgIpc) is 2.66. The maximum atomic E-state index is 11.2. The Balaban J connectivity index is 2.17. The molecule has 0 radical (unpaired) electrons. The first-order valence-electron chi connectivity index (χ1n) is 4.99. The van der Waals surface area contributed by atoms with E-state index in [1.165, 1.54) is 18.7 Å². The summed E-state index contributed by atoms with van der Waals surface area (Å²) < 4.78 is 5.44. The van der Waals surface area contributed by atoms with Crippen LogP contribution in [0.3, 0.4) is 0 Å². The summed E-state index contributed by atoms with van der Waals surface area (Å²) in [6, 6.07) is -0.516. The van der Waals surface area contributed by atoms with Crippen LogP contribution in [0, 0.1) is 0 Å². The highest BCUT2D eigenvalue weighted by molar-refractivity contribution is 8.14. The lowest BCUT2D eigenvalue weighted by molar-refractivity contribution is -0.167. The molecule has 0 saturated carbocycles. The molecule has 0 aromatic heterocycles.